The number of anilines is 2. The fraction of sp³-hybridized carbons (Fsp3) is 0.250. The van der Waals surface area contributed by atoms with Crippen LogP contribution in [0.4, 0.5) is 11.5 Å². The number of nitrogens with two attached hydrogens (primary N) is 1. The van der Waals surface area contributed by atoms with Gasteiger partial charge in [-0.1, -0.05) is 24.3 Å². The third-order valence-corrected chi connectivity index (χ3v) is 2.70. The molecule has 0 spiro atoms. The van der Waals surface area contributed by atoms with E-state index in [0.717, 1.165) is 5.69 Å². The van der Waals surface area contributed by atoms with Crippen LogP contribution < -0.4 is 11.1 Å². The lowest BCUT2D eigenvalue weighted by atomic mass is 10.0. The molecule has 0 fully saturated rings. The van der Waals surface area contributed by atoms with Crippen molar-refractivity contribution < 1.29 is 0 Å². The first-order chi connectivity index (χ1) is 7.68. The molecule has 0 saturated heterocycles. The van der Waals surface area contributed by atoms with Gasteiger partial charge in [-0.05, 0) is 25.0 Å². The predicted octanol–water partition coefficient (Wildman–Crippen LogP) is 2.47. The van der Waals surface area contributed by atoms with Gasteiger partial charge >= 0.3 is 0 Å². The fourth-order valence-corrected chi connectivity index (χ4v) is 1.79. The molecule has 84 valence electrons. The molecule has 4 N–H and O–H groups in total. The van der Waals surface area contributed by atoms with E-state index in [-0.39, 0.29) is 6.04 Å². The third-order valence-electron chi connectivity index (χ3n) is 2.70. The molecule has 1 unspecified atom stereocenters. The molecule has 0 saturated carbocycles. The Kier molecular flexibility index (Phi) is 2.81. The molecule has 2 rings (SSSR count). The Labute approximate surface area is 94.9 Å². The summed E-state index contributed by atoms with van der Waals surface area (Å²) in [6.07, 6.45) is 1.70. The van der Waals surface area contributed by atoms with Gasteiger partial charge in [0.2, 0.25) is 0 Å². The van der Waals surface area contributed by atoms with Crippen LogP contribution in [0.2, 0.25) is 0 Å². The molecule has 1 heterocycles. The second-order valence-electron chi connectivity index (χ2n) is 3.92. The first-order valence-corrected chi connectivity index (χ1v) is 5.29. The van der Waals surface area contributed by atoms with Crippen LogP contribution in [-0.2, 0) is 0 Å². The maximum Gasteiger partial charge on any atom is 0.142 e. The van der Waals surface area contributed by atoms with E-state index in [0.29, 0.717) is 5.82 Å². The molecule has 2 aromatic rings. The number of hydrogen-bond acceptors (Lipinski definition) is 3. The molecule has 0 amide bonds. The number of aryl methyl sites for hydroxylation is 1. The van der Waals surface area contributed by atoms with Gasteiger partial charge < -0.3 is 11.1 Å². The van der Waals surface area contributed by atoms with E-state index in [1.54, 1.807) is 6.20 Å². The largest absolute Gasteiger partial charge is 0.382 e. The Hall–Kier alpha value is -1.97. The molecule has 1 atom stereocenters. The van der Waals surface area contributed by atoms with E-state index in [2.05, 4.69) is 41.5 Å². The second kappa shape index (κ2) is 4.26. The van der Waals surface area contributed by atoms with Gasteiger partial charge in [0.15, 0.2) is 0 Å². The van der Waals surface area contributed by atoms with Gasteiger partial charge in [-0.3, -0.25) is 5.10 Å². The number of aromatic amines is 1. The van der Waals surface area contributed by atoms with E-state index < -0.39 is 0 Å². The Bertz CT molecular complexity index is 475. The van der Waals surface area contributed by atoms with Crippen molar-refractivity contribution in [2.24, 2.45) is 0 Å². The predicted molar refractivity (Wildman–Crippen MR) is 66.2 cm³/mol. The number of H-pyrrole nitrogens is 1. The zero-order chi connectivity index (χ0) is 11.5. The second-order valence-corrected chi connectivity index (χ2v) is 3.92. The molecule has 4 nitrogen and oxygen atoms in total. The molecule has 0 aliphatic heterocycles. The van der Waals surface area contributed by atoms with Crippen molar-refractivity contribution in [3.63, 3.8) is 0 Å². The average Bonchev–Trinajstić information content (AvgIpc) is 2.65. The van der Waals surface area contributed by atoms with Gasteiger partial charge in [-0.15, -0.1) is 0 Å². The van der Waals surface area contributed by atoms with E-state index >= 15 is 0 Å². The summed E-state index contributed by atoms with van der Waals surface area (Å²) >= 11 is 0. The van der Waals surface area contributed by atoms with Crippen LogP contribution in [0.1, 0.15) is 24.1 Å². The third kappa shape index (κ3) is 2.00. The molecule has 16 heavy (non-hydrogen) atoms. The van der Waals surface area contributed by atoms with Gasteiger partial charge in [0.1, 0.15) is 5.82 Å². The summed E-state index contributed by atoms with van der Waals surface area (Å²) in [6.45, 7) is 4.21. The van der Waals surface area contributed by atoms with Crippen LogP contribution in [-0.4, -0.2) is 10.2 Å². The lowest BCUT2D eigenvalue weighted by Crippen LogP contribution is -2.08. The highest BCUT2D eigenvalue weighted by Crippen LogP contribution is 2.23. The lowest BCUT2D eigenvalue weighted by molar-refractivity contribution is 0.875. The van der Waals surface area contributed by atoms with Crippen molar-refractivity contribution in [2.75, 3.05) is 11.1 Å². The number of aromatic nitrogens is 2. The van der Waals surface area contributed by atoms with Crippen LogP contribution in [0.25, 0.3) is 0 Å². The number of hydrogen-bond donors (Lipinski definition) is 3. The molecule has 0 aliphatic carbocycles. The number of nitrogen functional groups attached to an aromatic ring is 1. The van der Waals surface area contributed by atoms with Crippen molar-refractivity contribution in [1.29, 1.82) is 0 Å². The van der Waals surface area contributed by atoms with E-state index in [9.17, 15) is 0 Å². The fourth-order valence-electron chi connectivity index (χ4n) is 1.79. The standard InChI is InChI=1S/C12H16N4/c1-8-5-3-4-6-10(8)9(2)15-11-7-14-16-12(11)13/h3-7,9,15H,1-2H3,(H3,13,14,16). The van der Waals surface area contributed by atoms with Crippen LogP contribution in [0.15, 0.2) is 30.5 Å². The molecule has 0 bridgehead atoms. The zero-order valence-corrected chi connectivity index (χ0v) is 9.49. The first kappa shape index (κ1) is 10.5. The summed E-state index contributed by atoms with van der Waals surface area (Å²) in [6, 6.07) is 8.51. The minimum atomic E-state index is 0.209. The van der Waals surface area contributed by atoms with Crippen molar-refractivity contribution in [3.8, 4) is 0 Å². The Morgan fingerprint density at radius 2 is 2.12 bits per heavy atom. The number of nitrogens with zero attached hydrogens (tertiary/aromatic N) is 1. The lowest BCUT2D eigenvalue weighted by Gasteiger charge is -2.16. The van der Waals surface area contributed by atoms with Crippen molar-refractivity contribution in [2.45, 2.75) is 19.9 Å². The summed E-state index contributed by atoms with van der Waals surface area (Å²) in [5.41, 5.74) is 9.10. The van der Waals surface area contributed by atoms with Crippen LogP contribution >= 0.6 is 0 Å². The minimum absolute atomic E-state index is 0.209. The molecule has 0 radical (unpaired) electrons. The van der Waals surface area contributed by atoms with Gasteiger partial charge in [0, 0.05) is 6.04 Å². The van der Waals surface area contributed by atoms with E-state index in [1.807, 2.05) is 12.1 Å². The number of rotatable bonds is 3. The summed E-state index contributed by atoms with van der Waals surface area (Å²) in [4.78, 5) is 0. The van der Waals surface area contributed by atoms with Crippen molar-refractivity contribution in [3.05, 3.63) is 41.6 Å². The Balaban J connectivity index is 2.18. The summed E-state index contributed by atoms with van der Waals surface area (Å²) in [7, 11) is 0. The van der Waals surface area contributed by atoms with Gasteiger partial charge in [0.25, 0.3) is 0 Å². The highest BCUT2D eigenvalue weighted by atomic mass is 15.2. The van der Waals surface area contributed by atoms with Crippen LogP contribution in [0, 0.1) is 6.92 Å². The van der Waals surface area contributed by atoms with Crippen molar-refractivity contribution in [1.82, 2.24) is 10.2 Å². The SMILES string of the molecule is Cc1ccccc1C(C)Nc1cn[nH]c1N. The van der Waals surface area contributed by atoms with Gasteiger partial charge in [0.05, 0.1) is 11.9 Å². The summed E-state index contributed by atoms with van der Waals surface area (Å²) < 4.78 is 0. The Morgan fingerprint density at radius 1 is 1.38 bits per heavy atom. The van der Waals surface area contributed by atoms with Crippen LogP contribution in [0.3, 0.4) is 0 Å². The van der Waals surface area contributed by atoms with E-state index in [1.165, 1.54) is 11.1 Å². The smallest absolute Gasteiger partial charge is 0.142 e. The molecule has 1 aromatic carbocycles. The molecule has 1 aromatic heterocycles. The number of benzene rings is 1. The normalized spacial score (nSPS) is 12.4. The minimum Gasteiger partial charge on any atom is -0.382 e. The molecule has 4 heteroatoms. The summed E-state index contributed by atoms with van der Waals surface area (Å²) in [5, 5.41) is 9.91. The number of nitrogens with one attached hydrogen (secondary N) is 2. The highest BCUT2D eigenvalue weighted by molar-refractivity contribution is 5.61. The molecular weight excluding hydrogens is 200 g/mol. The topological polar surface area (TPSA) is 66.7 Å². The van der Waals surface area contributed by atoms with Gasteiger partial charge in [-0.25, -0.2) is 0 Å². The highest BCUT2D eigenvalue weighted by Gasteiger charge is 2.09. The van der Waals surface area contributed by atoms with E-state index in [4.69, 9.17) is 5.73 Å². The van der Waals surface area contributed by atoms with Crippen LogP contribution in [0.5, 0.6) is 0 Å². The Morgan fingerprint density at radius 3 is 2.75 bits per heavy atom. The molecule has 0 aliphatic rings. The zero-order valence-electron chi connectivity index (χ0n) is 9.49. The quantitative estimate of drug-likeness (QED) is 0.738. The first-order valence-electron chi connectivity index (χ1n) is 5.29. The molecular formula is C12H16N4. The van der Waals surface area contributed by atoms with Crippen molar-refractivity contribution >= 4 is 11.5 Å². The monoisotopic (exact) mass is 216 g/mol. The maximum atomic E-state index is 5.72. The average molecular weight is 216 g/mol. The van der Waals surface area contributed by atoms with Gasteiger partial charge in [-0.2, -0.15) is 5.10 Å². The maximum absolute atomic E-state index is 5.72. The summed E-state index contributed by atoms with van der Waals surface area (Å²) in [5.74, 6) is 0.570.